The molecule has 5 rings (SSSR count). The molecule has 1 aliphatic carbocycles. The minimum atomic E-state index is -0.598. The summed E-state index contributed by atoms with van der Waals surface area (Å²) in [5, 5.41) is 22.4. The van der Waals surface area contributed by atoms with Gasteiger partial charge in [0.25, 0.3) is 0 Å². The van der Waals surface area contributed by atoms with Crippen LogP contribution in [0.25, 0.3) is 11.1 Å². The Kier molecular flexibility index (Phi) is 7.09. The second-order valence-electron chi connectivity index (χ2n) is 8.97. The number of aryl methyl sites for hydroxylation is 2. The van der Waals surface area contributed by atoms with Gasteiger partial charge < -0.3 is 14.4 Å². The molecule has 1 aromatic carbocycles. The van der Waals surface area contributed by atoms with Crippen molar-refractivity contribution in [1.82, 2.24) is 4.57 Å². The Hall–Kier alpha value is -3.54. The third-order valence-electron chi connectivity index (χ3n) is 6.58. The molecule has 0 bridgehead atoms. The lowest BCUT2D eigenvalue weighted by molar-refractivity contribution is -0.138. The molecule has 0 atom stereocenters. The van der Waals surface area contributed by atoms with Crippen molar-refractivity contribution in [3.8, 4) is 11.1 Å². The number of ether oxygens (including phenoxy) is 1. The minimum absolute atomic E-state index is 0.0773. The molecular formula is C29H27N3O3S2. The smallest absolute Gasteiger partial charge is 0.344 e. The van der Waals surface area contributed by atoms with Gasteiger partial charge in [0.15, 0.2) is 0 Å². The fraction of sp³-hybridized carbons (Fsp3) is 0.276. The number of rotatable bonds is 5. The molecule has 2 aromatic heterocycles. The number of nitriles is 1. The highest BCUT2D eigenvalue weighted by atomic mass is 32.2. The van der Waals surface area contributed by atoms with E-state index in [0.717, 1.165) is 53.2 Å². The molecule has 2 aliphatic rings. The molecule has 6 nitrogen and oxygen atoms in total. The lowest BCUT2D eigenvalue weighted by Gasteiger charge is -2.10. The lowest BCUT2D eigenvalue weighted by atomic mass is 9.96. The number of aromatic nitrogens is 1. The van der Waals surface area contributed by atoms with Crippen LogP contribution in [0.3, 0.4) is 0 Å². The van der Waals surface area contributed by atoms with Crippen molar-refractivity contribution in [2.75, 3.05) is 6.61 Å². The number of aliphatic hydroxyl groups is 1. The van der Waals surface area contributed by atoms with Crippen molar-refractivity contribution < 1.29 is 14.6 Å². The van der Waals surface area contributed by atoms with Gasteiger partial charge in [-0.15, -0.1) is 11.3 Å². The number of para-hydroxylation sites is 1. The normalized spacial score (nSPS) is 17.4. The van der Waals surface area contributed by atoms with E-state index in [0.29, 0.717) is 15.6 Å². The van der Waals surface area contributed by atoms with Crippen LogP contribution in [0.4, 0.5) is 5.69 Å². The van der Waals surface area contributed by atoms with Crippen LogP contribution in [0, 0.1) is 25.2 Å². The molecule has 0 fully saturated rings. The molecular weight excluding hydrogens is 502 g/mol. The zero-order chi connectivity index (χ0) is 26.1. The van der Waals surface area contributed by atoms with Crippen LogP contribution in [-0.4, -0.2) is 27.3 Å². The van der Waals surface area contributed by atoms with Crippen LogP contribution < -0.4 is 0 Å². The third-order valence-corrected chi connectivity index (χ3v) is 8.88. The summed E-state index contributed by atoms with van der Waals surface area (Å²) in [5.41, 5.74) is 5.63. The predicted octanol–water partition coefficient (Wildman–Crippen LogP) is 7.10. The standard InChI is InChI=1S/C29H27N3O3S2/c1-4-35-29(34)25-26(33)24(36-27(25)31-20-10-6-5-7-11-20)15-19-14-17(2)32(18(19)3)28-22(16-30)21-12-8-9-13-23(21)37-28/h5-7,10-11,14-15,33H,4,8-9,12-13H2,1-3H3/b24-15-,31-27?. The van der Waals surface area contributed by atoms with E-state index in [2.05, 4.69) is 15.6 Å². The summed E-state index contributed by atoms with van der Waals surface area (Å²) in [6, 6.07) is 13.8. The highest BCUT2D eigenvalue weighted by molar-refractivity contribution is 8.18. The van der Waals surface area contributed by atoms with Crippen LogP contribution in [0.15, 0.2) is 57.6 Å². The van der Waals surface area contributed by atoms with E-state index in [-0.39, 0.29) is 17.9 Å². The average Bonchev–Trinajstić information content (AvgIpc) is 3.50. The molecule has 0 radical (unpaired) electrons. The predicted molar refractivity (Wildman–Crippen MR) is 150 cm³/mol. The molecule has 8 heteroatoms. The summed E-state index contributed by atoms with van der Waals surface area (Å²) in [6.07, 6.45) is 6.15. The van der Waals surface area contributed by atoms with E-state index in [9.17, 15) is 15.2 Å². The first-order valence-corrected chi connectivity index (χ1v) is 13.9. The Bertz CT molecular complexity index is 1520. The van der Waals surface area contributed by atoms with E-state index >= 15 is 0 Å². The van der Waals surface area contributed by atoms with Gasteiger partial charge in [0.1, 0.15) is 27.4 Å². The van der Waals surface area contributed by atoms with E-state index in [1.54, 1.807) is 18.3 Å². The minimum Gasteiger partial charge on any atom is -0.506 e. The topological polar surface area (TPSA) is 87.6 Å². The SMILES string of the molecule is CCOC(=O)C1=C(O)/C(=C/c2cc(C)n(-c3sc4c(c3C#N)CCCC4)c2C)SC1=Nc1ccccc1. The lowest BCUT2D eigenvalue weighted by Crippen LogP contribution is -2.12. The molecule has 3 heterocycles. The number of fused-ring (bicyclic) bond motifs is 1. The van der Waals surface area contributed by atoms with Gasteiger partial charge in [-0.1, -0.05) is 30.0 Å². The van der Waals surface area contributed by atoms with Crippen LogP contribution in [-0.2, 0) is 22.4 Å². The number of hydrogen-bond donors (Lipinski definition) is 1. The van der Waals surface area contributed by atoms with Gasteiger partial charge in [-0.05, 0) is 81.9 Å². The summed E-state index contributed by atoms with van der Waals surface area (Å²) in [4.78, 5) is 19.2. The maximum Gasteiger partial charge on any atom is 0.344 e. The quantitative estimate of drug-likeness (QED) is 0.356. The molecule has 0 saturated carbocycles. The number of aliphatic hydroxyl groups excluding tert-OH is 1. The highest BCUT2D eigenvalue weighted by Gasteiger charge is 2.33. The van der Waals surface area contributed by atoms with Gasteiger partial charge in [0, 0.05) is 16.3 Å². The van der Waals surface area contributed by atoms with Crippen LogP contribution in [0.2, 0.25) is 0 Å². The van der Waals surface area contributed by atoms with Crippen molar-refractivity contribution >= 4 is 45.9 Å². The number of thioether (sulfide) groups is 1. The summed E-state index contributed by atoms with van der Waals surface area (Å²) < 4.78 is 7.36. The Morgan fingerprint density at radius 1 is 1.24 bits per heavy atom. The van der Waals surface area contributed by atoms with E-state index in [1.165, 1.54) is 22.2 Å². The summed E-state index contributed by atoms with van der Waals surface area (Å²) >= 11 is 2.96. The molecule has 0 amide bonds. The number of benzene rings is 1. The van der Waals surface area contributed by atoms with Gasteiger partial charge in [-0.2, -0.15) is 5.26 Å². The first-order chi connectivity index (χ1) is 17.9. The maximum atomic E-state index is 12.7. The summed E-state index contributed by atoms with van der Waals surface area (Å²) in [7, 11) is 0. The number of esters is 1. The van der Waals surface area contributed by atoms with Crippen LogP contribution >= 0.6 is 23.1 Å². The van der Waals surface area contributed by atoms with E-state index in [1.807, 2.05) is 56.3 Å². The Balaban J connectivity index is 1.58. The van der Waals surface area contributed by atoms with E-state index < -0.39 is 5.97 Å². The van der Waals surface area contributed by atoms with Gasteiger partial charge in [-0.25, -0.2) is 9.79 Å². The van der Waals surface area contributed by atoms with Crippen molar-refractivity contribution in [2.45, 2.75) is 46.5 Å². The second-order valence-corrected chi connectivity index (χ2v) is 11.1. The first kappa shape index (κ1) is 25.1. The highest BCUT2D eigenvalue weighted by Crippen LogP contribution is 2.42. The van der Waals surface area contributed by atoms with Gasteiger partial charge in [0.05, 0.1) is 22.8 Å². The number of hydrogen-bond acceptors (Lipinski definition) is 7. The molecule has 37 heavy (non-hydrogen) atoms. The zero-order valence-corrected chi connectivity index (χ0v) is 22.6. The largest absolute Gasteiger partial charge is 0.506 e. The monoisotopic (exact) mass is 529 g/mol. The number of aliphatic imine (C=N–C) groups is 1. The van der Waals surface area contributed by atoms with Gasteiger partial charge in [0.2, 0.25) is 0 Å². The third kappa shape index (κ3) is 4.65. The number of carbonyl (C=O) groups is 1. The molecule has 0 saturated heterocycles. The van der Waals surface area contributed by atoms with Crippen LogP contribution in [0.1, 0.15) is 52.7 Å². The average molecular weight is 530 g/mol. The maximum absolute atomic E-state index is 12.7. The van der Waals surface area contributed by atoms with Gasteiger partial charge in [-0.3, -0.25) is 0 Å². The fourth-order valence-corrected chi connectivity index (χ4v) is 7.30. The molecule has 3 aromatic rings. The first-order valence-electron chi connectivity index (χ1n) is 12.3. The Labute approximate surface area is 224 Å². The molecule has 0 spiro atoms. The van der Waals surface area contributed by atoms with Gasteiger partial charge >= 0.3 is 5.97 Å². The Morgan fingerprint density at radius 3 is 2.73 bits per heavy atom. The van der Waals surface area contributed by atoms with Crippen molar-refractivity contribution in [3.63, 3.8) is 0 Å². The van der Waals surface area contributed by atoms with Crippen LogP contribution in [0.5, 0.6) is 0 Å². The summed E-state index contributed by atoms with van der Waals surface area (Å²) in [5.74, 6) is -0.730. The zero-order valence-electron chi connectivity index (χ0n) is 21.0. The Morgan fingerprint density at radius 2 is 2.00 bits per heavy atom. The molecule has 0 unspecified atom stereocenters. The van der Waals surface area contributed by atoms with Crippen molar-refractivity contribution in [3.05, 3.63) is 85.6 Å². The fourth-order valence-electron chi connectivity index (χ4n) is 4.82. The van der Waals surface area contributed by atoms with E-state index in [4.69, 9.17) is 4.74 Å². The number of thiophene rings is 1. The van der Waals surface area contributed by atoms with Crippen molar-refractivity contribution in [1.29, 1.82) is 5.26 Å². The number of carbonyl (C=O) groups excluding carboxylic acids is 1. The number of nitrogens with zero attached hydrogens (tertiary/aromatic N) is 3. The molecule has 1 aliphatic heterocycles. The second kappa shape index (κ2) is 10.4. The molecule has 188 valence electrons. The summed E-state index contributed by atoms with van der Waals surface area (Å²) in [6.45, 7) is 5.98. The van der Waals surface area contributed by atoms with Crippen molar-refractivity contribution in [2.24, 2.45) is 4.99 Å². The molecule has 1 N–H and O–H groups in total.